The first kappa shape index (κ1) is 11.0. The molecule has 1 aliphatic rings. The summed E-state index contributed by atoms with van der Waals surface area (Å²) in [5.41, 5.74) is 0.822. The maximum Gasteiger partial charge on any atom is 0.235 e. The van der Waals surface area contributed by atoms with Crippen LogP contribution in [0, 0.1) is 0 Å². The Hall–Kier alpha value is -1.45. The van der Waals surface area contributed by atoms with Gasteiger partial charge in [0.1, 0.15) is 0 Å². The lowest BCUT2D eigenvalue weighted by Gasteiger charge is -2.15. The summed E-state index contributed by atoms with van der Waals surface area (Å²) in [6.45, 7) is 0.449. The summed E-state index contributed by atoms with van der Waals surface area (Å²) >= 11 is 3.35. The maximum atomic E-state index is 11.7. The lowest BCUT2D eigenvalue weighted by atomic mass is 10.3. The van der Waals surface area contributed by atoms with Gasteiger partial charge in [-0.15, -0.1) is 0 Å². The van der Waals surface area contributed by atoms with Gasteiger partial charge in [-0.05, 0) is 18.2 Å². The van der Waals surface area contributed by atoms with Crippen LogP contribution in [0.25, 0.3) is 0 Å². The fourth-order valence-electron chi connectivity index (χ4n) is 1.74. The number of rotatable bonds is 2. The Morgan fingerprint density at radius 2 is 2.31 bits per heavy atom. The van der Waals surface area contributed by atoms with Crippen LogP contribution in [-0.2, 0) is 9.59 Å². The zero-order chi connectivity index (χ0) is 11.5. The third-order valence-corrected chi connectivity index (χ3v) is 2.95. The summed E-state index contributed by atoms with van der Waals surface area (Å²) in [7, 11) is 0. The van der Waals surface area contributed by atoms with Gasteiger partial charge in [-0.1, -0.05) is 22.0 Å². The van der Waals surface area contributed by atoms with Gasteiger partial charge in [-0.2, -0.15) is 0 Å². The molecule has 2 rings (SSSR count). The molecule has 1 atom stereocenters. The van der Waals surface area contributed by atoms with E-state index in [4.69, 9.17) is 0 Å². The fraction of sp³-hybridized carbons (Fsp3) is 0.273. The smallest absolute Gasteiger partial charge is 0.235 e. The van der Waals surface area contributed by atoms with E-state index in [1.54, 1.807) is 4.90 Å². The monoisotopic (exact) mass is 280 g/mol. The number of nitrogens with zero attached hydrogens (tertiary/aromatic N) is 2. The van der Waals surface area contributed by atoms with Gasteiger partial charge in [0.25, 0.3) is 0 Å². The van der Waals surface area contributed by atoms with Crippen molar-refractivity contribution < 1.29 is 9.59 Å². The largest absolute Gasteiger partial charge is 0.310 e. The van der Waals surface area contributed by atoms with E-state index in [1.165, 1.54) is 6.08 Å². The molecule has 16 heavy (non-hydrogen) atoms. The standard InChI is InChI=1S/C11H9BrN2O2/c12-8-2-1-3-10(4-8)14-6-9(13-7-15)5-11(14)16/h1-4,9H,5-6H2. The predicted molar refractivity (Wildman–Crippen MR) is 63.0 cm³/mol. The Kier molecular flexibility index (Phi) is 3.17. The highest BCUT2D eigenvalue weighted by Crippen LogP contribution is 2.25. The molecule has 1 aromatic rings. The molecule has 1 aliphatic heterocycles. The Morgan fingerprint density at radius 3 is 3.00 bits per heavy atom. The van der Waals surface area contributed by atoms with E-state index in [9.17, 15) is 9.59 Å². The number of isocyanates is 1. The molecule has 5 heteroatoms. The molecule has 0 radical (unpaired) electrons. The van der Waals surface area contributed by atoms with Gasteiger partial charge in [-0.25, -0.2) is 9.79 Å². The minimum Gasteiger partial charge on any atom is -0.310 e. The second-order valence-electron chi connectivity index (χ2n) is 3.56. The molecule has 0 N–H and O–H groups in total. The third kappa shape index (κ3) is 2.21. The van der Waals surface area contributed by atoms with E-state index in [2.05, 4.69) is 20.9 Å². The Morgan fingerprint density at radius 1 is 1.50 bits per heavy atom. The number of anilines is 1. The molecular weight excluding hydrogens is 272 g/mol. The topological polar surface area (TPSA) is 49.7 Å². The zero-order valence-corrected chi connectivity index (χ0v) is 9.98. The number of aliphatic imine (C=N–C) groups is 1. The lowest BCUT2D eigenvalue weighted by Crippen LogP contribution is -2.24. The minimum atomic E-state index is -0.260. The Balaban J connectivity index is 2.23. The molecular formula is C11H9BrN2O2. The number of halogens is 1. The third-order valence-electron chi connectivity index (χ3n) is 2.46. The van der Waals surface area contributed by atoms with Crippen LogP contribution in [-0.4, -0.2) is 24.6 Å². The summed E-state index contributed by atoms with van der Waals surface area (Å²) < 4.78 is 0.917. The van der Waals surface area contributed by atoms with Crippen LogP contribution in [0.5, 0.6) is 0 Å². The Labute approximate surface area is 101 Å². The molecule has 1 unspecified atom stereocenters. The Bertz CT molecular complexity index is 469. The number of hydrogen-bond donors (Lipinski definition) is 0. The molecule has 4 nitrogen and oxygen atoms in total. The maximum absolute atomic E-state index is 11.7. The average molecular weight is 281 g/mol. The summed E-state index contributed by atoms with van der Waals surface area (Å²) in [5, 5.41) is 0. The van der Waals surface area contributed by atoms with Crippen molar-refractivity contribution in [2.24, 2.45) is 4.99 Å². The number of amides is 1. The first-order valence-electron chi connectivity index (χ1n) is 4.83. The summed E-state index contributed by atoms with van der Waals surface area (Å²) in [6, 6.07) is 7.22. The van der Waals surface area contributed by atoms with Crippen LogP contribution in [0.15, 0.2) is 33.7 Å². The van der Waals surface area contributed by atoms with Gasteiger partial charge < -0.3 is 4.90 Å². The van der Waals surface area contributed by atoms with Gasteiger partial charge in [-0.3, -0.25) is 4.79 Å². The summed E-state index contributed by atoms with van der Waals surface area (Å²) in [4.78, 5) is 27.1. The number of hydrogen-bond acceptors (Lipinski definition) is 3. The zero-order valence-electron chi connectivity index (χ0n) is 8.39. The van der Waals surface area contributed by atoms with Gasteiger partial charge >= 0.3 is 0 Å². The average Bonchev–Trinajstić information content (AvgIpc) is 2.60. The normalized spacial score (nSPS) is 19.7. The first-order valence-corrected chi connectivity index (χ1v) is 5.63. The summed E-state index contributed by atoms with van der Waals surface area (Å²) in [6.07, 6.45) is 1.78. The highest BCUT2D eigenvalue weighted by atomic mass is 79.9. The lowest BCUT2D eigenvalue weighted by molar-refractivity contribution is -0.117. The van der Waals surface area contributed by atoms with Crippen LogP contribution in [0.3, 0.4) is 0 Å². The van der Waals surface area contributed by atoms with E-state index in [1.807, 2.05) is 24.3 Å². The van der Waals surface area contributed by atoms with Crippen molar-refractivity contribution in [1.29, 1.82) is 0 Å². The van der Waals surface area contributed by atoms with Crippen LogP contribution < -0.4 is 4.90 Å². The number of carbonyl (C=O) groups is 1. The highest BCUT2D eigenvalue weighted by molar-refractivity contribution is 9.10. The molecule has 1 saturated heterocycles. The number of benzene rings is 1. The SMILES string of the molecule is O=C=NC1CC(=O)N(c2cccc(Br)c2)C1. The predicted octanol–water partition coefficient (Wildman–Crippen LogP) is 1.89. The van der Waals surface area contributed by atoms with E-state index in [0.717, 1.165) is 10.2 Å². The van der Waals surface area contributed by atoms with Gasteiger partial charge in [0.2, 0.25) is 12.0 Å². The first-order chi connectivity index (χ1) is 7.70. The van der Waals surface area contributed by atoms with Crippen molar-refractivity contribution in [3.8, 4) is 0 Å². The van der Waals surface area contributed by atoms with Gasteiger partial charge in [0.15, 0.2) is 0 Å². The second-order valence-corrected chi connectivity index (χ2v) is 4.48. The molecule has 0 bridgehead atoms. The van der Waals surface area contributed by atoms with Gasteiger partial charge in [0, 0.05) is 16.7 Å². The highest BCUT2D eigenvalue weighted by Gasteiger charge is 2.30. The van der Waals surface area contributed by atoms with Crippen molar-refractivity contribution in [2.75, 3.05) is 11.4 Å². The van der Waals surface area contributed by atoms with E-state index in [-0.39, 0.29) is 18.4 Å². The molecule has 82 valence electrons. The van der Waals surface area contributed by atoms with Crippen LogP contribution in [0.2, 0.25) is 0 Å². The molecule has 0 aliphatic carbocycles. The van der Waals surface area contributed by atoms with Crippen molar-refractivity contribution in [3.05, 3.63) is 28.7 Å². The van der Waals surface area contributed by atoms with Crippen LogP contribution in [0.1, 0.15) is 6.42 Å². The fourth-order valence-corrected chi connectivity index (χ4v) is 2.13. The van der Waals surface area contributed by atoms with Crippen molar-refractivity contribution >= 4 is 33.6 Å². The van der Waals surface area contributed by atoms with Crippen molar-refractivity contribution in [2.45, 2.75) is 12.5 Å². The minimum absolute atomic E-state index is 0.0119. The summed E-state index contributed by atoms with van der Waals surface area (Å²) in [5.74, 6) is -0.0119. The quantitative estimate of drug-likeness (QED) is 0.614. The van der Waals surface area contributed by atoms with Crippen molar-refractivity contribution in [3.63, 3.8) is 0 Å². The van der Waals surface area contributed by atoms with E-state index in [0.29, 0.717) is 6.54 Å². The second kappa shape index (κ2) is 4.60. The molecule has 0 saturated carbocycles. The van der Waals surface area contributed by atoms with E-state index >= 15 is 0 Å². The van der Waals surface area contributed by atoms with Gasteiger partial charge in [0.05, 0.1) is 12.5 Å². The van der Waals surface area contributed by atoms with Crippen LogP contribution >= 0.6 is 15.9 Å². The molecule has 1 amide bonds. The number of carbonyl (C=O) groups excluding carboxylic acids is 2. The molecule has 1 aromatic carbocycles. The van der Waals surface area contributed by atoms with E-state index < -0.39 is 0 Å². The molecule has 1 fully saturated rings. The molecule has 1 heterocycles. The van der Waals surface area contributed by atoms with Crippen LogP contribution in [0.4, 0.5) is 5.69 Å². The molecule has 0 spiro atoms. The molecule has 0 aromatic heterocycles. The van der Waals surface area contributed by atoms with Crippen molar-refractivity contribution in [1.82, 2.24) is 0 Å².